The molecule has 86 valence electrons. The number of rotatable bonds is 3. The highest BCUT2D eigenvalue weighted by atomic mass is 35.5. The van der Waals surface area contributed by atoms with E-state index in [1.165, 1.54) is 30.2 Å². The molecule has 0 aliphatic rings. The predicted molar refractivity (Wildman–Crippen MR) is 57.6 cm³/mol. The number of hydrogen-bond acceptors (Lipinski definition) is 4. The first-order valence-electron chi connectivity index (χ1n) is 4.20. The van der Waals surface area contributed by atoms with Gasteiger partial charge in [0.1, 0.15) is 5.82 Å². The lowest BCUT2D eigenvalue weighted by Gasteiger charge is -2.06. The van der Waals surface area contributed by atoms with Gasteiger partial charge in [-0.3, -0.25) is 14.5 Å². The van der Waals surface area contributed by atoms with Crippen LogP contribution < -0.4 is 4.72 Å². The quantitative estimate of drug-likeness (QED) is 0.846. The van der Waals surface area contributed by atoms with Crippen LogP contribution >= 0.6 is 11.6 Å². The van der Waals surface area contributed by atoms with E-state index in [4.69, 9.17) is 11.6 Å². The lowest BCUT2D eigenvalue weighted by atomic mass is 10.7. The Hall–Kier alpha value is -1.54. The molecule has 0 atom stereocenters. The lowest BCUT2D eigenvalue weighted by molar-refractivity contribution is 0.582. The lowest BCUT2D eigenvalue weighted by Crippen LogP contribution is -2.17. The third kappa shape index (κ3) is 1.89. The molecule has 0 aliphatic heterocycles. The van der Waals surface area contributed by atoms with E-state index in [1.54, 1.807) is 0 Å². The minimum absolute atomic E-state index is 0.0644. The zero-order chi connectivity index (χ0) is 11.8. The molecule has 2 heterocycles. The number of aromatic nitrogens is 4. The van der Waals surface area contributed by atoms with Gasteiger partial charge in [-0.15, -0.1) is 0 Å². The molecule has 2 N–H and O–H groups in total. The number of sulfonamides is 1. The Kier molecular flexibility index (Phi) is 2.60. The van der Waals surface area contributed by atoms with E-state index < -0.39 is 10.0 Å². The zero-order valence-electron chi connectivity index (χ0n) is 8.18. The van der Waals surface area contributed by atoms with Gasteiger partial charge in [-0.2, -0.15) is 18.6 Å². The SMILES string of the molecule is Cn1ncc(Cl)c1S(=O)(=O)Nc1ccn[nH]1. The molecule has 0 aliphatic carbocycles. The molecule has 0 aromatic carbocycles. The Bertz CT molecular complexity index is 569. The van der Waals surface area contributed by atoms with E-state index in [2.05, 4.69) is 20.0 Å². The maximum absolute atomic E-state index is 11.9. The molecule has 7 nitrogen and oxygen atoms in total. The molecule has 0 fully saturated rings. The van der Waals surface area contributed by atoms with E-state index in [0.717, 1.165) is 0 Å². The first-order chi connectivity index (χ1) is 7.50. The van der Waals surface area contributed by atoms with E-state index in [9.17, 15) is 8.42 Å². The van der Waals surface area contributed by atoms with Crippen LogP contribution in [0.25, 0.3) is 0 Å². The Morgan fingerprint density at radius 2 is 2.31 bits per heavy atom. The highest BCUT2D eigenvalue weighted by molar-refractivity contribution is 7.92. The normalized spacial score (nSPS) is 11.6. The fourth-order valence-electron chi connectivity index (χ4n) is 1.21. The number of H-pyrrole nitrogens is 1. The highest BCUT2D eigenvalue weighted by Gasteiger charge is 2.23. The van der Waals surface area contributed by atoms with Gasteiger partial charge in [-0.1, -0.05) is 11.6 Å². The maximum Gasteiger partial charge on any atom is 0.281 e. The molecule has 2 aromatic heterocycles. The van der Waals surface area contributed by atoms with E-state index in [-0.39, 0.29) is 15.9 Å². The second-order valence-corrected chi connectivity index (χ2v) is 5.00. The molecule has 0 amide bonds. The predicted octanol–water partition coefficient (Wildman–Crippen LogP) is 0.597. The van der Waals surface area contributed by atoms with Gasteiger partial charge < -0.3 is 0 Å². The van der Waals surface area contributed by atoms with E-state index in [0.29, 0.717) is 0 Å². The standard InChI is InChI=1S/C7H8ClN5O2S/c1-13-7(5(8)4-10-13)16(14,15)12-6-2-3-9-11-6/h2-4H,1H3,(H2,9,11,12). The molecule has 0 spiro atoms. The van der Waals surface area contributed by atoms with Gasteiger partial charge in [0.15, 0.2) is 5.03 Å². The summed E-state index contributed by atoms with van der Waals surface area (Å²) in [5, 5.41) is 9.83. The summed E-state index contributed by atoms with van der Waals surface area (Å²) in [7, 11) is -2.26. The smallest absolute Gasteiger partial charge is 0.262 e. The third-order valence-corrected chi connectivity index (χ3v) is 3.71. The zero-order valence-corrected chi connectivity index (χ0v) is 9.75. The summed E-state index contributed by atoms with van der Waals surface area (Å²) in [6.07, 6.45) is 2.70. The number of nitrogens with one attached hydrogen (secondary N) is 2. The summed E-state index contributed by atoms with van der Waals surface area (Å²) < 4.78 is 27.3. The number of hydrogen-bond donors (Lipinski definition) is 2. The van der Waals surface area contributed by atoms with Crippen molar-refractivity contribution >= 4 is 27.4 Å². The van der Waals surface area contributed by atoms with Gasteiger partial charge >= 0.3 is 0 Å². The Balaban J connectivity index is 2.40. The van der Waals surface area contributed by atoms with Crippen LogP contribution in [-0.4, -0.2) is 28.4 Å². The fraction of sp³-hybridized carbons (Fsp3) is 0.143. The maximum atomic E-state index is 11.9. The largest absolute Gasteiger partial charge is 0.281 e. The summed E-state index contributed by atoms with van der Waals surface area (Å²) in [5.74, 6) is 0.261. The molecule has 0 unspecified atom stereocenters. The minimum Gasteiger partial charge on any atom is -0.262 e. The molecule has 0 saturated carbocycles. The Morgan fingerprint density at radius 3 is 2.81 bits per heavy atom. The van der Waals surface area contributed by atoms with Crippen LogP contribution in [0.5, 0.6) is 0 Å². The number of aryl methyl sites for hydroxylation is 1. The molecule has 2 aromatic rings. The minimum atomic E-state index is -3.75. The van der Waals surface area contributed by atoms with Crippen molar-refractivity contribution in [2.24, 2.45) is 7.05 Å². The molecule has 2 rings (SSSR count). The third-order valence-electron chi connectivity index (χ3n) is 1.84. The average molecular weight is 262 g/mol. The van der Waals surface area contributed by atoms with Gasteiger partial charge in [0, 0.05) is 13.1 Å². The van der Waals surface area contributed by atoms with Gasteiger partial charge in [-0.05, 0) is 0 Å². The summed E-state index contributed by atoms with van der Waals surface area (Å²) in [6.45, 7) is 0. The van der Waals surface area contributed by atoms with Crippen LogP contribution in [0.2, 0.25) is 5.02 Å². The topological polar surface area (TPSA) is 92.7 Å². The van der Waals surface area contributed by atoms with Crippen LogP contribution in [0.3, 0.4) is 0 Å². The van der Waals surface area contributed by atoms with Crippen molar-refractivity contribution in [2.45, 2.75) is 5.03 Å². The number of halogens is 1. The van der Waals surface area contributed by atoms with Gasteiger partial charge in [0.2, 0.25) is 0 Å². The van der Waals surface area contributed by atoms with Crippen molar-refractivity contribution in [2.75, 3.05) is 4.72 Å². The molecule has 0 radical (unpaired) electrons. The van der Waals surface area contributed by atoms with Crippen molar-refractivity contribution in [3.8, 4) is 0 Å². The number of anilines is 1. The molecule has 9 heteroatoms. The fourth-order valence-corrected chi connectivity index (χ4v) is 2.88. The van der Waals surface area contributed by atoms with Crippen LogP contribution in [0.15, 0.2) is 23.5 Å². The Labute approximate surface area is 96.5 Å². The highest BCUT2D eigenvalue weighted by Crippen LogP contribution is 2.21. The van der Waals surface area contributed by atoms with Gasteiger partial charge in [0.05, 0.1) is 17.4 Å². The van der Waals surface area contributed by atoms with Gasteiger partial charge in [0.25, 0.3) is 10.0 Å². The molecule has 0 bridgehead atoms. The molecular weight excluding hydrogens is 254 g/mol. The van der Waals surface area contributed by atoms with E-state index in [1.807, 2.05) is 0 Å². The van der Waals surface area contributed by atoms with Crippen LogP contribution in [0.1, 0.15) is 0 Å². The summed E-state index contributed by atoms with van der Waals surface area (Å²) in [4.78, 5) is 0. The second kappa shape index (κ2) is 3.80. The van der Waals surface area contributed by atoms with Crippen LogP contribution in [0.4, 0.5) is 5.82 Å². The average Bonchev–Trinajstić information content (AvgIpc) is 2.76. The summed E-state index contributed by atoms with van der Waals surface area (Å²) in [6, 6.07) is 1.49. The first-order valence-corrected chi connectivity index (χ1v) is 6.06. The number of aromatic amines is 1. The van der Waals surface area contributed by atoms with Crippen molar-refractivity contribution in [1.29, 1.82) is 0 Å². The summed E-state index contributed by atoms with van der Waals surface area (Å²) in [5.41, 5.74) is 0. The second-order valence-electron chi connectivity index (χ2n) is 3.00. The molecule has 0 saturated heterocycles. The Morgan fingerprint density at radius 1 is 1.56 bits per heavy atom. The van der Waals surface area contributed by atoms with Crippen molar-refractivity contribution in [1.82, 2.24) is 20.0 Å². The van der Waals surface area contributed by atoms with Crippen LogP contribution in [-0.2, 0) is 17.1 Å². The summed E-state index contributed by atoms with van der Waals surface area (Å²) >= 11 is 5.74. The first kappa shape index (κ1) is 11.0. The van der Waals surface area contributed by atoms with Crippen molar-refractivity contribution in [3.05, 3.63) is 23.5 Å². The van der Waals surface area contributed by atoms with Gasteiger partial charge in [-0.25, -0.2) is 0 Å². The number of nitrogens with zero attached hydrogens (tertiary/aromatic N) is 3. The van der Waals surface area contributed by atoms with Crippen LogP contribution in [0, 0.1) is 0 Å². The molecule has 16 heavy (non-hydrogen) atoms. The molecular formula is C7H8ClN5O2S. The van der Waals surface area contributed by atoms with Crippen molar-refractivity contribution in [3.63, 3.8) is 0 Å². The van der Waals surface area contributed by atoms with E-state index >= 15 is 0 Å². The monoisotopic (exact) mass is 261 g/mol. The van der Waals surface area contributed by atoms with Crippen molar-refractivity contribution < 1.29 is 8.42 Å².